The first-order valence-electron chi connectivity index (χ1n) is 6.48. The number of aryl methyl sites for hydroxylation is 3. The van der Waals surface area contributed by atoms with E-state index >= 15 is 0 Å². The van der Waals surface area contributed by atoms with Gasteiger partial charge in [0, 0.05) is 6.04 Å². The van der Waals surface area contributed by atoms with Crippen molar-refractivity contribution in [2.45, 2.75) is 52.8 Å². The summed E-state index contributed by atoms with van der Waals surface area (Å²) >= 11 is 0. The number of aliphatic hydroxyl groups excluding tert-OH is 1. The summed E-state index contributed by atoms with van der Waals surface area (Å²) in [7, 11) is 0. The van der Waals surface area contributed by atoms with Gasteiger partial charge in [-0.3, -0.25) is 10.1 Å². The van der Waals surface area contributed by atoms with Gasteiger partial charge in [0.2, 0.25) is 0 Å². The second-order valence-electron chi connectivity index (χ2n) is 5.27. The third kappa shape index (κ3) is 3.78. The minimum atomic E-state index is -0.920. The van der Waals surface area contributed by atoms with Gasteiger partial charge in [0.15, 0.2) is 0 Å². The lowest BCUT2D eigenvalue weighted by Gasteiger charge is -2.25. The molecule has 1 rings (SSSR count). The van der Waals surface area contributed by atoms with Crippen LogP contribution in [0, 0.1) is 20.8 Å². The van der Waals surface area contributed by atoms with E-state index in [0.717, 1.165) is 22.3 Å². The number of hydrogen-bond donors (Lipinski definition) is 3. The maximum Gasteiger partial charge on any atom is 0.320 e. The first kappa shape index (κ1) is 15.7. The zero-order valence-corrected chi connectivity index (χ0v) is 12.2. The molecule has 0 spiro atoms. The molecule has 19 heavy (non-hydrogen) atoms. The van der Waals surface area contributed by atoms with Crippen molar-refractivity contribution in [3.63, 3.8) is 0 Å². The molecule has 1 aromatic rings. The smallest absolute Gasteiger partial charge is 0.320 e. The predicted molar refractivity (Wildman–Crippen MR) is 75.3 cm³/mol. The molecule has 0 saturated heterocycles. The third-order valence-corrected chi connectivity index (χ3v) is 3.39. The van der Waals surface area contributed by atoms with Crippen LogP contribution in [-0.4, -0.2) is 28.3 Å². The number of aliphatic hydroxyl groups is 1. The number of aliphatic carboxylic acids is 1. The van der Waals surface area contributed by atoms with E-state index in [1.54, 1.807) is 13.8 Å². The highest BCUT2D eigenvalue weighted by Gasteiger charge is 2.23. The van der Waals surface area contributed by atoms with Crippen LogP contribution in [0.4, 0.5) is 0 Å². The summed E-state index contributed by atoms with van der Waals surface area (Å²) < 4.78 is 0. The summed E-state index contributed by atoms with van der Waals surface area (Å²) in [6, 6.07) is 3.04. The lowest BCUT2D eigenvalue weighted by Crippen LogP contribution is -2.43. The normalized spacial score (nSPS) is 15.9. The molecule has 3 atom stereocenters. The molecule has 4 heteroatoms. The highest BCUT2D eigenvalue weighted by atomic mass is 16.4. The molecular weight excluding hydrogens is 242 g/mol. The van der Waals surface area contributed by atoms with Crippen LogP contribution in [0.25, 0.3) is 0 Å². The molecule has 1 aromatic carbocycles. The Morgan fingerprint density at radius 1 is 1.16 bits per heavy atom. The fourth-order valence-corrected chi connectivity index (χ4v) is 2.46. The van der Waals surface area contributed by atoms with Crippen LogP contribution in [0.1, 0.15) is 42.2 Å². The first-order valence-corrected chi connectivity index (χ1v) is 6.48. The van der Waals surface area contributed by atoms with Gasteiger partial charge >= 0.3 is 5.97 Å². The van der Waals surface area contributed by atoms with Crippen LogP contribution in [-0.2, 0) is 4.79 Å². The average Bonchev–Trinajstić information content (AvgIpc) is 2.26. The number of carboxylic acids is 1. The van der Waals surface area contributed by atoms with Gasteiger partial charge in [-0.2, -0.15) is 0 Å². The van der Waals surface area contributed by atoms with Crippen molar-refractivity contribution in [1.29, 1.82) is 0 Å². The van der Waals surface area contributed by atoms with Crippen LogP contribution in [0.2, 0.25) is 0 Å². The molecule has 4 nitrogen and oxygen atoms in total. The summed E-state index contributed by atoms with van der Waals surface area (Å²) in [6.45, 7) is 9.31. The summed E-state index contributed by atoms with van der Waals surface area (Å²) in [4.78, 5) is 10.8. The van der Waals surface area contributed by atoms with E-state index in [2.05, 4.69) is 5.32 Å². The molecule has 0 aliphatic heterocycles. The molecule has 0 radical (unpaired) electrons. The third-order valence-electron chi connectivity index (χ3n) is 3.39. The van der Waals surface area contributed by atoms with Crippen molar-refractivity contribution < 1.29 is 15.0 Å². The minimum absolute atomic E-state index is 0.328. The molecule has 106 valence electrons. The Kier molecular flexibility index (Phi) is 5.09. The van der Waals surface area contributed by atoms with Crippen molar-refractivity contribution in [2.75, 3.05) is 0 Å². The number of benzene rings is 1. The SMILES string of the molecule is Cc1cc(C)c(C(O)C(C)NC(C)C(=O)O)c(C)c1. The Hall–Kier alpha value is -1.39. The quantitative estimate of drug-likeness (QED) is 0.762. The summed E-state index contributed by atoms with van der Waals surface area (Å²) in [6.07, 6.45) is -0.720. The molecule has 0 fully saturated rings. The van der Waals surface area contributed by atoms with Gasteiger partial charge in [-0.25, -0.2) is 0 Å². The van der Waals surface area contributed by atoms with E-state index < -0.39 is 18.1 Å². The topological polar surface area (TPSA) is 69.6 Å². The fraction of sp³-hybridized carbons (Fsp3) is 0.533. The monoisotopic (exact) mass is 265 g/mol. The Morgan fingerprint density at radius 3 is 2.05 bits per heavy atom. The molecule has 0 saturated carbocycles. The van der Waals surface area contributed by atoms with Crippen molar-refractivity contribution in [2.24, 2.45) is 0 Å². The number of nitrogens with one attached hydrogen (secondary N) is 1. The molecule has 3 N–H and O–H groups in total. The Balaban J connectivity index is 2.94. The Labute approximate surface area is 114 Å². The van der Waals surface area contributed by atoms with E-state index in [1.165, 1.54) is 0 Å². The van der Waals surface area contributed by atoms with Crippen molar-refractivity contribution in [1.82, 2.24) is 5.32 Å². The van der Waals surface area contributed by atoms with Gasteiger partial charge < -0.3 is 10.2 Å². The number of hydrogen-bond acceptors (Lipinski definition) is 3. The van der Waals surface area contributed by atoms with Gasteiger partial charge in [0.05, 0.1) is 6.10 Å². The van der Waals surface area contributed by atoms with Gasteiger partial charge in [0.1, 0.15) is 6.04 Å². The highest BCUT2D eigenvalue weighted by molar-refractivity contribution is 5.72. The molecule has 0 heterocycles. The molecule has 0 aromatic heterocycles. The maximum atomic E-state index is 10.8. The van der Waals surface area contributed by atoms with Gasteiger partial charge in [0.25, 0.3) is 0 Å². The van der Waals surface area contributed by atoms with E-state index in [1.807, 2.05) is 32.9 Å². The standard InChI is InChI=1S/C15H23NO3/c1-8-6-9(2)13(10(3)7-8)14(17)11(4)16-12(5)15(18)19/h6-7,11-12,14,16-17H,1-5H3,(H,18,19). The largest absolute Gasteiger partial charge is 0.480 e. The first-order chi connectivity index (χ1) is 8.73. The van der Waals surface area contributed by atoms with Gasteiger partial charge in [-0.15, -0.1) is 0 Å². The lowest BCUT2D eigenvalue weighted by molar-refractivity contribution is -0.139. The molecule has 0 amide bonds. The van der Waals surface area contributed by atoms with Crippen LogP contribution in [0.5, 0.6) is 0 Å². The summed E-state index contributed by atoms with van der Waals surface area (Å²) in [5.41, 5.74) is 4.09. The molecule has 0 bridgehead atoms. The second-order valence-corrected chi connectivity index (χ2v) is 5.27. The molecule has 0 aliphatic rings. The van der Waals surface area contributed by atoms with Crippen molar-refractivity contribution in [3.8, 4) is 0 Å². The lowest BCUT2D eigenvalue weighted by atomic mass is 9.92. The Morgan fingerprint density at radius 2 is 1.63 bits per heavy atom. The number of carboxylic acid groups (broad SMARTS) is 1. The van der Waals surface area contributed by atoms with Crippen molar-refractivity contribution in [3.05, 3.63) is 34.4 Å². The predicted octanol–water partition coefficient (Wildman–Crippen LogP) is 2.10. The van der Waals surface area contributed by atoms with Gasteiger partial charge in [-0.1, -0.05) is 17.7 Å². The maximum absolute atomic E-state index is 10.8. The average molecular weight is 265 g/mol. The van der Waals surface area contributed by atoms with Crippen LogP contribution in [0.3, 0.4) is 0 Å². The van der Waals surface area contributed by atoms with Crippen LogP contribution >= 0.6 is 0 Å². The molecule has 0 aliphatic carbocycles. The highest BCUT2D eigenvalue weighted by Crippen LogP contribution is 2.26. The summed E-state index contributed by atoms with van der Waals surface area (Å²) in [5, 5.41) is 22.2. The zero-order chi connectivity index (χ0) is 14.7. The van der Waals surface area contributed by atoms with Crippen LogP contribution in [0.15, 0.2) is 12.1 Å². The molecular formula is C15H23NO3. The fourth-order valence-electron chi connectivity index (χ4n) is 2.46. The number of rotatable bonds is 5. The number of carbonyl (C=O) groups is 1. The van der Waals surface area contributed by atoms with E-state index in [4.69, 9.17) is 5.11 Å². The zero-order valence-electron chi connectivity index (χ0n) is 12.2. The van der Waals surface area contributed by atoms with Gasteiger partial charge in [-0.05, 0) is 51.3 Å². The Bertz CT molecular complexity index is 447. The van der Waals surface area contributed by atoms with E-state index in [0.29, 0.717) is 0 Å². The van der Waals surface area contributed by atoms with Crippen LogP contribution < -0.4 is 5.32 Å². The second kappa shape index (κ2) is 6.17. The van der Waals surface area contributed by atoms with E-state index in [9.17, 15) is 9.90 Å². The van der Waals surface area contributed by atoms with E-state index in [-0.39, 0.29) is 6.04 Å². The molecule has 3 unspecified atom stereocenters. The summed E-state index contributed by atoms with van der Waals surface area (Å²) in [5.74, 6) is -0.920. The van der Waals surface area contributed by atoms with Crippen molar-refractivity contribution >= 4 is 5.97 Å². The minimum Gasteiger partial charge on any atom is -0.480 e.